The summed E-state index contributed by atoms with van der Waals surface area (Å²) in [6, 6.07) is 0.0203. The number of nitrogens with one attached hydrogen (secondary N) is 1. The highest BCUT2D eigenvalue weighted by Gasteiger charge is 2.36. The van der Waals surface area contributed by atoms with E-state index in [2.05, 4.69) is 25.6 Å². The summed E-state index contributed by atoms with van der Waals surface area (Å²) in [6.07, 6.45) is 5.25. The summed E-state index contributed by atoms with van der Waals surface area (Å²) in [5.41, 5.74) is 2.78. The summed E-state index contributed by atoms with van der Waals surface area (Å²) in [5.74, 6) is 1.01. The third kappa shape index (κ3) is 3.62. The van der Waals surface area contributed by atoms with Crippen LogP contribution in [0.4, 0.5) is 5.95 Å². The monoisotopic (exact) mass is 343 g/mol. The number of hydrogen-bond acceptors (Lipinski definition) is 6. The Morgan fingerprint density at radius 2 is 2.08 bits per heavy atom. The van der Waals surface area contributed by atoms with E-state index in [1.165, 1.54) is 0 Å². The second-order valence-electron chi connectivity index (χ2n) is 6.56. The predicted molar refractivity (Wildman–Crippen MR) is 93.9 cm³/mol. The van der Waals surface area contributed by atoms with Crippen LogP contribution in [-0.2, 0) is 11.8 Å². The normalized spacial score (nSPS) is 20.8. The molecule has 1 fully saturated rings. The summed E-state index contributed by atoms with van der Waals surface area (Å²) in [7, 11) is 1.90. The van der Waals surface area contributed by atoms with Gasteiger partial charge < -0.3 is 10.2 Å². The van der Waals surface area contributed by atoms with Gasteiger partial charge in [0.2, 0.25) is 11.9 Å². The van der Waals surface area contributed by atoms with Crippen LogP contribution in [0.15, 0.2) is 12.4 Å². The molecule has 1 amide bonds. The lowest BCUT2D eigenvalue weighted by Crippen LogP contribution is -2.44. The molecule has 1 aliphatic rings. The third-order valence-corrected chi connectivity index (χ3v) is 4.85. The van der Waals surface area contributed by atoms with Crippen LogP contribution in [0.5, 0.6) is 0 Å². The Bertz CT molecular complexity index is 757. The highest BCUT2D eigenvalue weighted by molar-refractivity contribution is 5.77. The first-order valence-corrected chi connectivity index (χ1v) is 8.69. The fourth-order valence-corrected chi connectivity index (χ4v) is 3.41. The number of anilines is 1. The number of likely N-dealkylation sites (tertiary alicyclic amines) is 1. The van der Waals surface area contributed by atoms with E-state index in [1.54, 1.807) is 4.68 Å². The second-order valence-corrected chi connectivity index (χ2v) is 6.56. The van der Waals surface area contributed by atoms with Crippen molar-refractivity contribution in [1.82, 2.24) is 29.9 Å². The smallest absolute Gasteiger partial charge is 0.242 e. The molecule has 3 rings (SSSR count). The van der Waals surface area contributed by atoms with Crippen LogP contribution in [0, 0.1) is 19.8 Å². The van der Waals surface area contributed by atoms with Crippen LogP contribution in [-0.4, -0.2) is 48.9 Å². The van der Waals surface area contributed by atoms with Gasteiger partial charge >= 0.3 is 0 Å². The minimum Gasteiger partial charge on any atom is -0.353 e. The van der Waals surface area contributed by atoms with Crippen molar-refractivity contribution in [3.8, 4) is 0 Å². The molecular formula is C17H25N7O. The summed E-state index contributed by atoms with van der Waals surface area (Å²) in [5, 5.41) is 15.8. The van der Waals surface area contributed by atoms with Crippen molar-refractivity contribution in [2.75, 3.05) is 18.4 Å². The number of carbonyl (C=O) groups excluding carboxylic acids is 1. The van der Waals surface area contributed by atoms with Crippen molar-refractivity contribution in [2.24, 2.45) is 13.0 Å². The van der Waals surface area contributed by atoms with Crippen molar-refractivity contribution in [3.05, 3.63) is 29.3 Å². The lowest BCUT2D eigenvalue weighted by Gasteiger charge is -2.40. The predicted octanol–water partition coefficient (Wildman–Crippen LogP) is 1.63. The number of aromatic nitrogens is 5. The molecule has 134 valence electrons. The van der Waals surface area contributed by atoms with Gasteiger partial charge in [0.15, 0.2) is 0 Å². The van der Waals surface area contributed by atoms with Crippen molar-refractivity contribution in [3.63, 3.8) is 0 Å². The minimum absolute atomic E-state index is 0.0203. The van der Waals surface area contributed by atoms with Gasteiger partial charge in [-0.3, -0.25) is 9.48 Å². The number of carbonyl (C=O) groups is 1. The van der Waals surface area contributed by atoms with Gasteiger partial charge in [0.05, 0.1) is 23.6 Å². The first kappa shape index (κ1) is 17.3. The molecule has 2 atom stereocenters. The molecule has 0 bridgehead atoms. The van der Waals surface area contributed by atoms with Gasteiger partial charge in [0.25, 0.3) is 0 Å². The van der Waals surface area contributed by atoms with Crippen LogP contribution in [0.3, 0.4) is 0 Å². The van der Waals surface area contributed by atoms with Crippen molar-refractivity contribution in [1.29, 1.82) is 0 Å². The molecule has 0 radical (unpaired) electrons. The van der Waals surface area contributed by atoms with Gasteiger partial charge in [-0.25, -0.2) is 4.98 Å². The number of piperidine rings is 1. The van der Waals surface area contributed by atoms with Gasteiger partial charge in [-0.05, 0) is 27.2 Å². The summed E-state index contributed by atoms with van der Waals surface area (Å²) < 4.78 is 1.78. The molecule has 0 spiro atoms. The SMILES string of the molecule is CCN1C(=O)CC[C@H](CNc2nnc(C)c(C)n2)[C@H]1c1cnn(C)c1. The fourth-order valence-electron chi connectivity index (χ4n) is 3.41. The highest BCUT2D eigenvalue weighted by atomic mass is 16.2. The standard InChI is InChI=1S/C17H25N7O/c1-5-24-15(25)7-6-13(16(24)14-9-19-23(4)10-14)8-18-17-20-11(2)12(3)21-22-17/h9-10,13,16H,5-8H2,1-4H3,(H,18,20,22)/t13-,16+/m1/s1. The molecule has 0 saturated carbocycles. The first-order chi connectivity index (χ1) is 12.0. The van der Waals surface area contributed by atoms with E-state index in [-0.39, 0.29) is 17.9 Å². The number of hydrogen-bond donors (Lipinski definition) is 1. The number of rotatable bonds is 5. The molecule has 1 N–H and O–H groups in total. The van der Waals surface area contributed by atoms with Crippen LogP contribution in [0.2, 0.25) is 0 Å². The number of nitrogens with zero attached hydrogens (tertiary/aromatic N) is 6. The molecule has 0 unspecified atom stereocenters. The first-order valence-electron chi connectivity index (χ1n) is 8.69. The van der Waals surface area contributed by atoms with Crippen molar-refractivity contribution >= 4 is 11.9 Å². The van der Waals surface area contributed by atoms with Crippen LogP contribution < -0.4 is 5.32 Å². The molecule has 0 aliphatic carbocycles. The van der Waals surface area contributed by atoms with Gasteiger partial charge in [-0.1, -0.05) is 0 Å². The molecule has 1 aliphatic heterocycles. The van der Waals surface area contributed by atoms with Crippen LogP contribution >= 0.6 is 0 Å². The van der Waals surface area contributed by atoms with Gasteiger partial charge in [0, 0.05) is 44.2 Å². The van der Waals surface area contributed by atoms with Crippen molar-refractivity contribution in [2.45, 2.75) is 39.7 Å². The lowest BCUT2D eigenvalue weighted by atomic mass is 9.85. The van der Waals surface area contributed by atoms with E-state index >= 15 is 0 Å². The zero-order chi connectivity index (χ0) is 18.0. The molecule has 8 heteroatoms. The van der Waals surface area contributed by atoms with E-state index in [0.717, 1.165) is 23.4 Å². The van der Waals surface area contributed by atoms with Gasteiger partial charge in [-0.15, -0.1) is 5.10 Å². The molecule has 8 nitrogen and oxygen atoms in total. The molecule has 25 heavy (non-hydrogen) atoms. The number of aryl methyl sites for hydroxylation is 3. The van der Waals surface area contributed by atoms with E-state index in [1.807, 2.05) is 45.1 Å². The molecule has 3 heterocycles. The lowest BCUT2D eigenvalue weighted by molar-refractivity contribution is -0.138. The van der Waals surface area contributed by atoms with E-state index in [0.29, 0.717) is 25.5 Å². The molecular weight excluding hydrogens is 318 g/mol. The van der Waals surface area contributed by atoms with E-state index in [4.69, 9.17) is 0 Å². The maximum atomic E-state index is 12.4. The zero-order valence-electron chi connectivity index (χ0n) is 15.2. The zero-order valence-corrected chi connectivity index (χ0v) is 15.2. The summed E-state index contributed by atoms with van der Waals surface area (Å²) in [6.45, 7) is 7.21. The maximum Gasteiger partial charge on any atom is 0.242 e. The van der Waals surface area contributed by atoms with E-state index < -0.39 is 0 Å². The maximum absolute atomic E-state index is 12.4. The Labute approximate surface area is 147 Å². The summed E-state index contributed by atoms with van der Waals surface area (Å²) >= 11 is 0. The second kappa shape index (κ2) is 7.16. The largest absolute Gasteiger partial charge is 0.353 e. The Hall–Kier alpha value is -2.51. The Morgan fingerprint density at radius 3 is 2.72 bits per heavy atom. The van der Waals surface area contributed by atoms with Gasteiger partial charge in [-0.2, -0.15) is 10.2 Å². The van der Waals surface area contributed by atoms with E-state index in [9.17, 15) is 4.79 Å². The van der Waals surface area contributed by atoms with Crippen LogP contribution in [0.25, 0.3) is 0 Å². The molecule has 2 aromatic heterocycles. The van der Waals surface area contributed by atoms with Crippen molar-refractivity contribution < 1.29 is 4.79 Å². The number of amides is 1. The molecule has 0 aromatic carbocycles. The minimum atomic E-state index is 0.0203. The Kier molecular flexibility index (Phi) is 4.96. The third-order valence-electron chi connectivity index (χ3n) is 4.85. The topological polar surface area (TPSA) is 88.8 Å². The van der Waals surface area contributed by atoms with Crippen LogP contribution in [0.1, 0.15) is 42.8 Å². The quantitative estimate of drug-likeness (QED) is 0.888. The highest BCUT2D eigenvalue weighted by Crippen LogP contribution is 2.36. The molecule has 2 aromatic rings. The van der Waals surface area contributed by atoms with Gasteiger partial charge in [0.1, 0.15) is 0 Å². The Morgan fingerprint density at radius 1 is 1.28 bits per heavy atom. The average molecular weight is 343 g/mol. The fraction of sp³-hybridized carbons (Fsp3) is 0.588. The average Bonchev–Trinajstić information content (AvgIpc) is 3.02. The summed E-state index contributed by atoms with van der Waals surface area (Å²) in [4.78, 5) is 18.7. The molecule has 1 saturated heterocycles. The Balaban J connectivity index is 1.79.